The van der Waals surface area contributed by atoms with Crippen molar-refractivity contribution in [2.75, 3.05) is 5.33 Å². The van der Waals surface area contributed by atoms with Crippen LogP contribution in [-0.4, -0.2) is 5.33 Å². The molecule has 0 N–H and O–H groups in total. The maximum atomic E-state index is 3.68. The fraction of sp³-hybridized carbons (Fsp3) is 1.00. The molecule has 1 aliphatic carbocycles. The lowest BCUT2D eigenvalue weighted by Gasteiger charge is -2.33. The van der Waals surface area contributed by atoms with Crippen LogP contribution in [0.1, 0.15) is 52.4 Å². The van der Waals surface area contributed by atoms with Crippen LogP contribution in [0.2, 0.25) is 0 Å². The summed E-state index contributed by atoms with van der Waals surface area (Å²) in [5.74, 6) is 0.997. The summed E-state index contributed by atoms with van der Waals surface area (Å²) in [6, 6.07) is 0. The molecular formula is C11H21Br. The van der Waals surface area contributed by atoms with E-state index < -0.39 is 0 Å². The fourth-order valence-corrected chi connectivity index (χ4v) is 3.31. The average Bonchev–Trinajstić information content (AvgIpc) is 2.57. The van der Waals surface area contributed by atoms with Crippen LogP contribution in [0.5, 0.6) is 0 Å². The van der Waals surface area contributed by atoms with Crippen molar-refractivity contribution in [1.82, 2.24) is 0 Å². The van der Waals surface area contributed by atoms with Gasteiger partial charge in [0.15, 0.2) is 0 Å². The van der Waals surface area contributed by atoms with Gasteiger partial charge in [0.1, 0.15) is 0 Å². The summed E-state index contributed by atoms with van der Waals surface area (Å²) in [6.07, 6.45) is 8.61. The Kier molecular flexibility index (Phi) is 4.09. The summed E-state index contributed by atoms with van der Waals surface area (Å²) >= 11 is 3.68. The molecule has 0 aromatic rings. The smallest absolute Gasteiger partial charge is 0.00879 e. The van der Waals surface area contributed by atoms with Gasteiger partial charge in [-0.2, -0.15) is 0 Å². The van der Waals surface area contributed by atoms with E-state index in [-0.39, 0.29) is 0 Å². The molecule has 0 heterocycles. The number of hydrogen-bond donors (Lipinski definition) is 0. The molecule has 72 valence electrons. The van der Waals surface area contributed by atoms with E-state index in [1.54, 1.807) is 0 Å². The van der Waals surface area contributed by atoms with Gasteiger partial charge in [-0.3, -0.25) is 0 Å². The van der Waals surface area contributed by atoms with Crippen molar-refractivity contribution in [2.45, 2.75) is 52.4 Å². The Balaban J connectivity index is 2.51. The van der Waals surface area contributed by atoms with Gasteiger partial charge in [0.25, 0.3) is 0 Å². The zero-order valence-electron chi connectivity index (χ0n) is 8.41. The number of hydrogen-bond acceptors (Lipinski definition) is 0. The highest BCUT2D eigenvalue weighted by Gasteiger charge is 2.33. The van der Waals surface area contributed by atoms with Gasteiger partial charge in [-0.1, -0.05) is 49.0 Å². The lowest BCUT2D eigenvalue weighted by Crippen LogP contribution is -2.27. The second-order valence-corrected chi connectivity index (χ2v) is 5.08. The third-order valence-electron chi connectivity index (χ3n) is 3.47. The first-order chi connectivity index (χ1) is 5.73. The summed E-state index contributed by atoms with van der Waals surface area (Å²) in [4.78, 5) is 0. The van der Waals surface area contributed by atoms with E-state index in [1.807, 2.05) is 0 Å². The maximum absolute atomic E-state index is 3.68. The topological polar surface area (TPSA) is 0 Å². The Bertz CT molecular complexity index is 127. The molecule has 1 aliphatic rings. The van der Waals surface area contributed by atoms with Gasteiger partial charge in [0.05, 0.1) is 0 Å². The fourth-order valence-electron chi connectivity index (χ4n) is 2.57. The van der Waals surface area contributed by atoms with Gasteiger partial charge >= 0.3 is 0 Å². The van der Waals surface area contributed by atoms with E-state index in [2.05, 4.69) is 29.8 Å². The summed E-state index contributed by atoms with van der Waals surface area (Å²) in [6.45, 7) is 4.76. The Morgan fingerprint density at radius 1 is 1.33 bits per heavy atom. The zero-order valence-corrected chi connectivity index (χ0v) is 9.99. The summed E-state index contributed by atoms with van der Waals surface area (Å²) < 4.78 is 0. The van der Waals surface area contributed by atoms with E-state index in [9.17, 15) is 0 Å². The van der Waals surface area contributed by atoms with Gasteiger partial charge in [-0.15, -0.1) is 0 Å². The first-order valence-corrected chi connectivity index (χ1v) is 6.41. The standard InChI is InChI=1S/C11H21Br/c1-3-8-11(2,9-12)10-6-4-5-7-10/h10H,3-9H2,1-2H3. The quantitative estimate of drug-likeness (QED) is 0.632. The SMILES string of the molecule is CCCC(C)(CBr)C1CCCC1. The zero-order chi connectivity index (χ0) is 9.03. The molecule has 1 rings (SSSR count). The van der Waals surface area contributed by atoms with Crippen LogP contribution in [-0.2, 0) is 0 Å². The second-order valence-electron chi connectivity index (χ2n) is 4.52. The lowest BCUT2D eigenvalue weighted by atomic mass is 9.74. The van der Waals surface area contributed by atoms with Crippen LogP contribution in [0.15, 0.2) is 0 Å². The Morgan fingerprint density at radius 2 is 1.92 bits per heavy atom. The predicted molar refractivity (Wildman–Crippen MR) is 58.8 cm³/mol. The van der Waals surface area contributed by atoms with Gasteiger partial charge in [-0.25, -0.2) is 0 Å². The van der Waals surface area contributed by atoms with Crippen LogP contribution >= 0.6 is 15.9 Å². The van der Waals surface area contributed by atoms with Crippen LogP contribution in [0, 0.1) is 11.3 Å². The molecule has 0 saturated heterocycles. The van der Waals surface area contributed by atoms with Crippen molar-refractivity contribution in [3.63, 3.8) is 0 Å². The van der Waals surface area contributed by atoms with E-state index in [0.29, 0.717) is 5.41 Å². The van der Waals surface area contributed by atoms with Crippen LogP contribution < -0.4 is 0 Å². The number of rotatable bonds is 4. The number of halogens is 1. The number of alkyl halides is 1. The minimum Gasteiger partial charge on any atom is -0.0922 e. The van der Waals surface area contributed by atoms with Gasteiger partial charge < -0.3 is 0 Å². The molecular weight excluding hydrogens is 212 g/mol. The first kappa shape index (κ1) is 10.6. The first-order valence-electron chi connectivity index (χ1n) is 5.29. The highest BCUT2D eigenvalue weighted by molar-refractivity contribution is 9.09. The van der Waals surface area contributed by atoms with E-state index in [0.717, 1.165) is 5.92 Å². The van der Waals surface area contributed by atoms with Crippen molar-refractivity contribution in [3.05, 3.63) is 0 Å². The summed E-state index contributed by atoms with van der Waals surface area (Å²) in [5.41, 5.74) is 0.589. The highest BCUT2D eigenvalue weighted by Crippen LogP contribution is 2.43. The average molecular weight is 233 g/mol. The van der Waals surface area contributed by atoms with E-state index in [4.69, 9.17) is 0 Å². The summed E-state index contributed by atoms with van der Waals surface area (Å²) in [5, 5.41) is 1.19. The monoisotopic (exact) mass is 232 g/mol. The molecule has 0 amide bonds. The minimum atomic E-state index is 0.589. The third-order valence-corrected chi connectivity index (χ3v) is 4.75. The maximum Gasteiger partial charge on any atom is 0.00879 e. The molecule has 0 aromatic heterocycles. The molecule has 1 heteroatoms. The van der Waals surface area contributed by atoms with Gasteiger partial charge in [0, 0.05) is 5.33 Å². The second kappa shape index (κ2) is 4.64. The van der Waals surface area contributed by atoms with Crippen molar-refractivity contribution in [1.29, 1.82) is 0 Å². The van der Waals surface area contributed by atoms with Crippen molar-refractivity contribution in [3.8, 4) is 0 Å². The van der Waals surface area contributed by atoms with E-state index in [1.165, 1.54) is 43.9 Å². The minimum absolute atomic E-state index is 0.589. The van der Waals surface area contributed by atoms with Gasteiger partial charge in [0.2, 0.25) is 0 Å². The predicted octanol–water partition coefficient (Wildman–Crippen LogP) is 4.38. The molecule has 1 unspecified atom stereocenters. The van der Waals surface area contributed by atoms with Crippen molar-refractivity contribution >= 4 is 15.9 Å². The van der Waals surface area contributed by atoms with Crippen LogP contribution in [0.4, 0.5) is 0 Å². The summed E-state index contributed by atoms with van der Waals surface area (Å²) in [7, 11) is 0. The Hall–Kier alpha value is 0.480. The van der Waals surface area contributed by atoms with Crippen molar-refractivity contribution < 1.29 is 0 Å². The molecule has 0 spiro atoms. The lowest BCUT2D eigenvalue weighted by molar-refractivity contribution is 0.206. The largest absolute Gasteiger partial charge is 0.0922 e. The van der Waals surface area contributed by atoms with Crippen LogP contribution in [0.25, 0.3) is 0 Å². The molecule has 1 saturated carbocycles. The third kappa shape index (κ3) is 2.25. The molecule has 1 fully saturated rings. The molecule has 12 heavy (non-hydrogen) atoms. The van der Waals surface area contributed by atoms with Gasteiger partial charge in [-0.05, 0) is 30.6 Å². The Labute approximate surface area is 85.3 Å². The molecule has 0 bridgehead atoms. The van der Waals surface area contributed by atoms with E-state index >= 15 is 0 Å². The molecule has 1 atom stereocenters. The normalized spacial score (nSPS) is 24.2. The Morgan fingerprint density at radius 3 is 2.33 bits per heavy atom. The van der Waals surface area contributed by atoms with Crippen LogP contribution in [0.3, 0.4) is 0 Å². The molecule has 0 aliphatic heterocycles. The molecule has 0 aromatic carbocycles. The highest BCUT2D eigenvalue weighted by atomic mass is 79.9. The van der Waals surface area contributed by atoms with Crippen molar-refractivity contribution in [2.24, 2.45) is 11.3 Å². The molecule has 0 radical (unpaired) electrons. The molecule has 0 nitrogen and oxygen atoms in total.